The summed E-state index contributed by atoms with van der Waals surface area (Å²) < 4.78 is 10.7. The molecule has 0 aliphatic carbocycles. The quantitative estimate of drug-likeness (QED) is 0.703. The third-order valence-corrected chi connectivity index (χ3v) is 5.39. The van der Waals surface area contributed by atoms with Gasteiger partial charge in [0, 0.05) is 22.8 Å². The molecular weight excluding hydrogens is 384 g/mol. The van der Waals surface area contributed by atoms with Crippen LogP contribution in [0.1, 0.15) is 21.5 Å². The Bertz CT molecular complexity index is 1190. The first-order chi connectivity index (χ1) is 14.5. The number of ether oxygens (including phenoxy) is 2. The molecule has 0 fully saturated rings. The van der Waals surface area contributed by atoms with Crippen LogP contribution in [0.2, 0.25) is 0 Å². The highest BCUT2D eigenvalue weighted by Crippen LogP contribution is 2.46. The number of aliphatic hydroxyl groups is 1. The summed E-state index contributed by atoms with van der Waals surface area (Å²) in [6.45, 7) is -0.0616. The molecule has 0 bridgehead atoms. The van der Waals surface area contributed by atoms with Gasteiger partial charge in [-0.3, -0.25) is 14.5 Å². The fourth-order valence-corrected chi connectivity index (χ4v) is 4.00. The Kier molecular flexibility index (Phi) is 4.01. The predicted octanol–water partition coefficient (Wildman–Crippen LogP) is 2.88. The van der Waals surface area contributed by atoms with E-state index in [4.69, 9.17) is 9.47 Å². The van der Waals surface area contributed by atoms with Crippen molar-refractivity contribution >= 4 is 23.2 Å². The zero-order valence-corrected chi connectivity index (χ0v) is 16.1. The molecule has 0 spiro atoms. The molecule has 0 radical (unpaired) electrons. The minimum Gasteiger partial charge on any atom is -0.497 e. The van der Waals surface area contributed by atoms with Gasteiger partial charge in [-0.2, -0.15) is 0 Å². The molecule has 5 rings (SSSR count). The standard InChI is InChI=1S/C23H18N2O5/c1-29-16-6-4-5-15(12-16)25-22(27)17-7-2-3-8-18(17)23(25,28)14-9-10-20-19(11-14)24-21(26)13-30-20/h2-12,28H,13H2,1H3,(H,24,26). The molecule has 30 heavy (non-hydrogen) atoms. The second kappa shape index (κ2) is 6.60. The summed E-state index contributed by atoms with van der Waals surface area (Å²) in [5.74, 6) is 0.454. The number of anilines is 2. The molecule has 3 aromatic rings. The van der Waals surface area contributed by atoms with Crippen LogP contribution in [-0.2, 0) is 10.5 Å². The number of rotatable bonds is 3. The van der Waals surface area contributed by atoms with Crippen LogP contribution in [0.3, 0.4) is 0 Å². The number of benzene rings is 3. The minimum atomic E-state index is -1.78. The Hall–Kier alpha value is -3.84. The van der Waals surface area contributed by atoms with Crippen LogP contribution in [0, 0.1) is 0 Å². The van der Waals surface area contributed by atoms with Gasteiger partial charge in [-0.25, -0.2) is 0 Å². The Balaban J connectivity index is 1.72. The first-order valence-electron chi connectivity index (χ1n) is 9.40. The lowest BCUT2D eigenvalue weighted by molar-refractivity contribution is -0.118. The zero-order chi connectivity index (χ0) is 20.9. The van der Waals surface area contributed by atoms with E-state index in [0.29, 0.717) is 39.6 Å². The molecule has 2 N–H and O–H groups in total. The van der Waals surface area contributed by atoms with Gasteiger partial charge in [-0.1, -0.05) is 24.3 Å². The highest BCUT2D eigenvalue weighted by atomic mass is 16.5. The largest absolute Gasteiger partial charge is 0.497 e. The first kappa shape index (κ1) is 18.2. The highest BCUT2D eigenvalue weighted by Gasteiger charge is 2.51. The van der Waals surface area contributed by atoms with Gasteiger partial charge in [0.15, 0.2) is 12.3 Å². The van der Waals surface area contributed by atoms with Gasteiger partial charge in [-0.15, -0.1) is 0 Å². The van der Waals surface area contributed by atoms with Crippen LogP contribution in [0.15, 0.2) is 66.7 Å². The van der Waals surface area contributed by atoms with Gasteiger partial charge in [0.05, 0.1) is 18.5 Å². The van der Waals surface area contributed by atoms with E-state index in [1.54, 1.807) is 66.7 Å². The molecule has 1 unspecified atom stereocenters. The Morgan fingerprint density at radius 3 is 2.73 bits per heavy atom. The van der Waals surface area contributed by atoms with Crippen molar-refractivity contribution in [3.63, 3.8) is 0 Å². The molecular formula is C23H18N2O5. The van der Waals surface area contributed by atoms with Gasteiger partial charge < -0.3 is 19.9 Å². The van der Waals surface area contributed by atoms with Crippen molar-refractivity contribution < 1.29 is 24.2 Å². The smallest absolute Gasteiger partial charge is 0.262 e. The van der Waals surface area contributed by atoms with Crippen LogP contribution < -0.4 is 19.7 Å². The molecule has 1 atom stereocenters. The number of hydrogen-bond donors (Lipinski definition) is 2. The number of methoxy groups -OCH3 is 1. The third kappa shape index (κ3) is 2.56. The summed E-state index contributed by atoms with van der Waals surface area (Å²) in [5.41, 5.74) is 0.433. The van der Waals surface area contributed by atoms with Gasteiger partial charge in [0.1, 0.15) is 11.5 Å². The maximum Gasteiger partial charge on any atom is 0.262 e. The number of hydrogen-bond acceptors (Lipinski definition) is 5. The molecule has 2 amide bonds. The van der Waals surface area contributed by atoms with Crippen LogP contribution in [0.25, 0.3) is 0 Å². The van der Waals surface area contributed by atoms with Crippen molar-refractivity contribution in [1.29, 1.82) is 0 Å². The van der Waals surface area contributed by atoms with Gasteiger partial charge >= 0.3 is 0 Å². The molecule has 7 heteroatoms. The molecule has 2 aliphatic heterocycles. The third-order valence-electron chi connectivity index (χ3n) is 5.39. The number of nitrogens with one attached hydrogen (secondary N) is 1. The second-order valence-corrected chi connectivity index (χ2v) is 7.11. The first-order valence-corrected chi connectivity index (χ1v) is 9.40. The number of carbonyl (C=O) groups excluding carboxylic acids is 2. The lowest BCUT2D eigenvalue weighted by Gasteiger charge is -2.35. The molecule has 2 heterocycles. The highest BCUT2D eigenvalue weighted by molar-refractivity contribution is 6.12. The molecule has 150 valence electrons. The Morgan fingerprint density at radius 1 is 1.07 bits per heavy atom. The lowest BCUT2D eigenvalue weighted by atomic mass is 9.93. The number of nitrogens with zero attached hydrogens (tertiary/aromatic N) is 1. The summed E-state index contributed by atoms with van der Waals surface area (Å²) >= 11 is 0. The zero-order valence-electron chi connectivity index (χ0n) is 16.1. The maximum atomic E-state index is 13.4. The fraction of sp³-hybridized carbons (Fsp3) is 0.130. The fourth-order valence-electron chi connectivity index (χ4n) is 4.00. The average Bonchev–Trinajstić information content (AvgIpc) is 3.01. The van der Waals surface area contributed by atoms with Crippen LogP contribution >= 0.6 is 0 Å². The van der Waals surface area contributed by atoms with Crippen LogP contribution in [0.5, 0.6) is 11.5 Å². The molecule has 3 aromatic carbocycles. The van der Waals surface area contributed by atoms with E-state index < -0.39 is 5.72 Å². The van der Waals surface area contributed by atoms with Crippen molar-refractivity contribution in [2.75, 3.05) is 23.9 Å². The summed E-state index contributed by atoms with van der Waals surface area (Å²) in [7, 11) is 1.54. The topological polar surface area (TPSA) is 88.1 Å². The van der Waals surface area contributed by atoms with Crippen LogP contribution in [-0.4, -0.2) is 30.6 Å². The molecule has 0 saturated heterocycles. The van der Waals surface area contributed by atoms with Crippen molar-refractivity contribution in [2.24, 2.45) is 0 Å². The van der Waals surface area contributed by atoms with E-state index >= 15 is 0 Å². The number of carbonyl (C=O) groups is 2. The summed E-state index contributed by atoms with van der Waals surface area (Å²) in [6.07, 6.45) is 0. The minimum absolute atomic E-state index is 0.0616. The second-order valence-electron chi connectivity index (χ2n) is 7.11. The normalized spacial score (nSPS) is 19.6. The van der Waals surface area contributed by atoms with E-state index in [-0.39, 0.29) is 18.4 Å². The van der Waals surface area contributed by atoms with Crippen molar-refractivity contribution in [1.82, 2.24) is 0 Å². The lowest BCUT2D eigenvalue weighted by Crippen LogP contribution is -2.45. The molecule has 0 saturated carbocycles. The Labute approximate surface area is 172 Å². The van der Waals surface area contributed by atoms with Gasteiger partial charge in [-0.05, 0) is 36.4 Å². The van der Waals surface area contributed by atoms with Gasteiger partial charge in [0.25, 0.3) is 11.8 Å². The van der Waals surface area contributed by atoms with Crippen molar-refractivity contribution in [2.45, 2.75) is 5.72 Å². The van der Waals surface area contributed by atoms with E-state index in [1.165, 1.54) is 12.0 Å². The van der Waals surface area contributed by atoms with E-state index in [1.807, 2.05) is 0 Å². The van der Waals surface area contributed by atoms with Crippen molar-refractivity contribution in [3.05, 3.63) is 83.4 Å². The Morgan fingerprint density at radius 2 is 1.90 bits per heavy atom. The SMILES string of the molecule is COc1cccc(N2C(=O)c3ccccc3C2(O)c2ccc3c(c2)NC(=O)CO3)c1. The van der Waals surface area contributed by atoms with E-state index in [9.17, 15) is 14.7 Å². The summed E-state index contributed by atoms with van der Waals surface area (Å²) in [4.78, 5) is 26.5. The number of amides is 2. The van der Waals surface area contributed by atoms with Crippen molar-refractivity contribution in [3.8, 4) is 11.5 Å². The monoisotopic (exact) mass is 402 g/mol. The number of fused-ring (bicyclic) bond motifs is 2. The molecule has 0 aromatic heterocycles. The van der Waals surface area contributed by atoms with E-state index in [0.717, 1.165) is 0 Å². The summed E-state index contributed by atoms with van der Waals surface area (Å²) in [5, 5.41) is 14.8. The predicted molar refractivity (Wildman–Crippen MR) is 110 cm³/mol. The summed E-state index contributed by atoms with van der Waals surface area (Å²) in [6, 6.07) is 18.9. The van der Waals surface area contributed by atoms with Gasteiger partial charge in [0.2, 0.25) is 0 Å². The van der Waals surface area contributed by atoms with Crippen LogP contribution in [0.4, 0.5) is 11.4 Å². The van der Waals surface area contributed by atoms with E-state index in [2.05, 4.69) is 5.32 Å². The molecule has 7 nitrogen and oxygen atoms in total. The maximum absolute atomic E-state index is 13.4. The average molecular weight is 402 g/mol. The molecule has 2 aliphatic rings.